The van der Waals surface area contributed by atoms with Gasteiger partial charge in [-0.3, -0.25) is 14.9 Å². The Labute approximate surface area is 135 Å². The molecule has 1 N–H and O–H groups in total. The highest BCUT2D eigenvalue weighted by Crippen LogP contribution is 2.20. The Kier molecular flexibility index (Phi) is 3.83. The minimum absolute atomic E-state index is 0.0524. The normalized spacial score (nSPS) is 10.5. The number of para-hydroxylation sites is 1. The zero-order chi connectivity index (χ0) is 17.3. The van der Waals surface area contributed by atoms with E-state index in [0.29, 0.717) is 11.1 Å². The number of non-ortho nitro benzene ring substituents is 1. The quantitative estimate of drug-likeness (QED) is 0.588. The average molecular weight is 324 g/mol. The number of rotatable bonds is 3. The highest BCUT2D eigenvalue weighted by Gasteiger charge is 2.15. The van der Waals surface area contributed by atoms with E-state index >= 15 is 0 Å². The summed E-state index contributed by atoms with van der Waals surface area (Å²) in [7, 11) is 0. The maximum absolute atomic E-state index is 12.3. The molecule has 0 bridgehead atoms. The van der Waals surface area contributed by atoms with Crippen LogP contribution in [0.5, 0.6) is 0 Å². The maximum atomic E-state index is 12.3. The molecule has 0 radical (unpaired) electrons. The molecular weight excluding hydrogens is 312 g/mol. The minimum atomic E-state index is -0.800. The van der Waals surface area contributed by atoms with Gasteiger partial charge in [-0.2, -0.15) is 0 Å². The first-order valence-electron chi connectivity index (χ1n) is 7.05. The van der Waals surface area contributed by atoms with Crippen molar-refractivity contribution in [1.29, 1.82) is 0 Å². The molecule has 1 aromatic heterocycles. The molecule has 0 atom stereocenters. The first-order valence-corrected chi connectivity index (χ1v) is 7.05. The molecule has 0 aliphatic carbocycles. The standard InChI is InChI=1S/C17H12N2O5/c1-10-4-2-3-5-14(10)18-16(20)15-8-11-6-7-12(19(22)23)9-13(11)17(21)24-15/h2-9H,1H3,(H,18,20). The van der Waals surface area contributed by atoms with Gasteiger partial charge in [0.1, 0.15) is 0 Å². The number of fused-ring (bicyclic) bond motifs is 1. The molecule has 3 aromatic rings. The molecule has 7 heteroatoms. The number of nitro benzene ring substituents is 1. The van der Waals surface area contributed by atoms with E-state index in [0.717, 1.165) is 11.6 Å². The third kappa shape index (κ3) is 2.87. The van der Waals surface area contributed by atoms with Crippen LogP contribution < -0.4 is 10.9 Å². The maximum Gasteiger partial charge on any atom is 0.344 e. The summed E-state index contributed by atoms with van der Waals surface area (Å²) in [5.74, 6) is -0.730. The van der Waals surface area contributed by atoms with Crippen molar-refractivity contribution in [2.75, 3.05) is 5.32 Å². The van der Waals surface area contributed by atoms with E-state index < -0.39 is 16.5 Å². The number of nitro groups is 1. The predicted molar refractivity (Wildman–Crippen MR) is 88.3 cm³/mol. The van der Waals surface area contributed by atoms with Crippen molar-refractivity contribution in [2.24, 2.45) is 0 Å². The van der Waals surface area contributed by atoms with Gasteiger partial charge in [0.2, 0.25) is 0 Å². The van der Waals surface area contributed by atoms with Crippen LogP contribution in [-0.4, -0.2) is 10.8 Å². The van der Waals surface area contributed by atoms with Crippen LogP contribution >= 0.6 is 0 Å². The van der Waals surface area contributed by atoms with Crippen LogP contribution in [-0.2, 0) is 0 Å². The van der Waals surface area contributed by atoms with Crippen LogP contribution in [0.1, 0.15) is 16.1 Å². The van der Waals surface area contributed by atoms with Crippen LogP contribution in [0.3, 0.4) is 0 Å². The summed E-state index contributed by atoms with van der Waals surface area (Å²) >= 11 is 0. The molecule has 7 nitrogen and oxygen atoms in total. The number of nitrogens with one attached hydrogen (secondary N) is 1. The van der Waals surface area contributed by atoms with Crippen LogP contribution in [0.15, 0.2) is 57.7 Å². The lowest BCUT2D eigenvalue weighted by Gasteiger charge is -2.07. The van der Waals surface area contributed by atoms with Gasteiger partial charge in [0, 0.05) is 17.8 Å². The van der Waals surface area contributed by atoms with Gasteiger partial charge < -0.3 is 9.73 Å². The van der Waals surface area contributed by atoms with Crippen molar-refractivity contribution < 1.29 is 14.1 Å². The number of hydrogen-bond acceptors (Lipinski definition) is 5. The molecule has 0 spiro atoms. The van der Waals surface area contributed by atoms with Crippen molar-refractivity contribution in [3.8, 4) is 0 Å². The van der Waals surface area contributed by atoms with Crippen molar-refractivity contribution in [1.82, 2.24) is 0 Å². The average Bonchev–Trinajstić information content (AvgIpc) is 2.56. The largest absolute Gasteiger partial charge is 0.417 e. The summed E-state index contributed by atoms with van der Waals surface area (Å²) in [6.07, 6.45) is 0. The van der Waals surface area contributed by atoms with Gasteiger partial charge in [0.25, 0.3) is 11.6 Å². The van der Waals surface area contributed by atoms with Gasteiger partial charge >= 0.3 is 5.63 Å². The fraction of sp³-hybridized carbons (Fsp3) is 0.0588. The minimum Gasteiger partial charge on any atom is -0.417 e. The van der Waals surface area contributed by atoms with Gasteiger partial charge in [-0.1, -0.05) is 18.2 Å². The molecule has 24 heavy (non-hydrogen) atoms. The number of carbonyl (C=O) groups is 1. The molecule has 0 aliphatic heterocycles. The Bertz CT molecular complexity index is 1020. The summed E-state index contributed by atoms with van der Waals surface area (Å²) < 4.78 is 5.01. The SMILES string of the molecule is Cc1ccccc1NC(=O)c1cc2ccc([N+](=O)[O-])cc2c(=O)o1. The Hall–Kier alpha value is -3.48. The molecule has 0 aliphatic rings. The molecule has 120 valence electrons. The van der Waals surface area contributed by atoms with Crippen molar-refractivity contribution >= 4 is 28.1 Å². The summed E-state index contributed by atoms with van der Waals surface area (Å²) in [4.78, 5) is 34.5. The van der Waals surface area contributed by atoms with Crippen LogP contribution in [0.2, 0.25) is 0 Å². The number of nitrogens with zero attached hydrogens (tertiary/aromatic N) is 1. The lowest BCUT2D eigenvalue weighted by atomic mass is 10.1. The van der Waals surface area contributed by atoms with E-state index in [1.807, 2.05) is 19.1 Å². The zero-order valence-corrected chi connectivity index (χ0v) is 12.6. The third-order valence-corrected chi connectivity index (χ3v) is 3.57. The second-order valence-electron chi connectivity index (χ2n) is 5.20. The number of benzene rings is 2. The Morgan fingerprint density at radius 1 is 1.17 bits per heavy atom. The smallest absolute Gasteiger partial charge is 0.344 e. The number of anilines is 1. The van der Waals surface area contributed by atoms with E-state index in [1.54, 1.807) is 12.1 Å². The second kappa shape index (κ2) is 5.96. The monoisotopic (exact) mass is 324 g/mol. The first kappa shape index (κ1) is 15.4. The molecule has 1 heterocycles. The van der Waals surface area contributed by atoms with E-state index in [-0.39, 0.29) is 16.8 Å². The number of hydrogen-bond donors (Lipinski definition) is 1. The van der Waals surface area contributed by atoms with E-state index in [9.17, 15) is 19.7 Å². The van der Waals surface area contributed by atoms with Crippen molar-refractivity contribution in [3.63, 3.8) is 0 Å². The lowest BCUT2D eigenvalue weighted by molar-refractivity contribution is -0.384. The lowest BCUT2D eigenvalue weighted by Crippen LogP contribution is -2.15. The fourth-order valence-electron chi connectivity index (χ4n) is 2.29. The molecule has 0 saturated carbocycles. The number of carbonyl (C=O) groups excluding carboxylic acids is 1. The van der Waals surface area contributed by atoms with Gasteiger partial charge in [-0.25, -0.2) is 4.79 Å². The Morgan fingerprint density at radius 3 is 2.62 bits per heavy atom. The van der Waals surface area contributed by atoms with Crippen LogP contribution in [0.25, 0.3) is 10.8 Å². The summed E-state index contributed by atoms with van der Waals surface area (Å²) in [6.45, 7) is 1.84. The predicted octanol–water partition coefficient (Wildman–Crippen LogP) is 3.26. The Morgan fingerprint density at radius 2 is 1.92 bits per heavy atom. The van der Waals surface area contributed by atoms with Crippen molar-refractivity contribution in [3.05, 3.63) is 80.4 Å². The molecule has 2 aromatic carbocycles. The van der Waals surface area contributed by atoms with E-state index in [4.69, 9.17) is 4.42 Å². The van der Waals surface area contributed by atoms with Gasteiger partial charge in [-0.15, -0.1) is 0 Å². The molecular formula is C17H12N2O5. The van der Waals surface area contributed by atoms with E-state index in [2.05, 4.69) is 5.32 Å². The first-order chi connectivity index (χ1) is 11.5. The van der Waals surface area contributed by atoms with E-state index in [1.165, 1.54) is 18.2 Å². The van der Waals surface area contributed by atoms with Gasteiger partial charge in [-0.05, 0) is 36.1 Å². The second-order valence-corrected chi connectivity index (χ2v) is 5.20. The number of amides is 1. The fourth-order valence-corrected chi connectivity index (χ4v) is 2.29. The highest BCUT2D eigenvalue weighted by molar-refractivity contribution is 6.04. The molecule has 0 unspecified atom stereocenters. The topological polar surface area (TPSA) is 102 Å². The van der Waals surface area contributed by atoms with Crippen LogP contribution in [0.4, 0.5) is 11.4 Å². The van der Waals surface area contributed by atoms with Crippen LogP contribution in [0, 0.1) is 17.0 Å². The summed E-state index contributed by atoms with van der Waals surface area (Å²) in [5, 5.41) is 13.9. The highest BCUT2D eigenvalue weighted by atomic mass is 16.6. The summed E-state index contributed by atoms with van der Waals surface area (Å²) in [6, 6.07) is 12.4. The molecule has 0 fully saturated rings. The molecule has 1 amide bonds. The third-order valence-electron chi connectivity index (χ3n) is 3.57. The zero-order valence-electron chi connectivity index (χ0n) is 12.6. The van der Waals surface area contributed by atoms with Crippen molar-refractivity contribution in [2.45, 2.75) is 6.92 Å². The molecule has 3 rings (SSSR count). The number of aryl methyl sites for hydroxylation is 1. The molecule has 0 saturated heterocycles. The van der Waals surface area contributed by atoms with Gasteiger partial charge in [0.05, 0.1) is 10.3 Å². The van der Waals surface area contributed by atoms with Gasteiger partial charge in [0.15, 0.2) is 5.76 Å². The Balaban J connectivity index is 2.00. The summed E-state index contributed by atoms with van der Waals surface area (Å²) in [5.41, 5.74) is 0.455.